The van der Waals surface area contributed by atoms with Crippen LogP contribution in [0.15, 0.2) is 28.9 Å². The Hall–Kier alpha value is -2.20. The highest BCUT2D eigenvalue weighted by atomic mass is 79.9. The molecule has 5 nitrogen and oxygen atoms in total. The van der Waals surface area contributed by atoms with Crippen molar-refractivity contribution in [2.45, 2.75) is 0 Å². The molecule has 19 heavy (non-hydrogen) atoms. The number of nitrogens with one attached hydrogen (secondary N) is 1. The van der Waals surface area contributed by atoms with Gasteiger partial charge in [-0.05, 0) is 18.2 Å². The van der Waals surface area contributed by atoms with Gasteiger partial charge < -0.3 is 5.32 Å². The van der Waals surface area contributed by atoms with E-state index in [1.54, 1.807) is 7.05 Å². The van der Waals surface area contributed by atoms with Gasteiger partial charge in [0.1, 0.15) is 17.4 Å². The number of halogens is 2. The Morgan fingerprint density at radius 2 is 2.32 bits per heavy atom. The van der Waals surface area contributed by atoms with Crippen LogP contribution in [0.2, 0.25) is 0 Å². The molecule has 2 aromatic rings. The van der Waals surface area contributed by atoms with Gasteiger partial charge in [-0.1, -0.05) is 15.9 Å². The van der Waals surface area contributed by atoms with E-state index in [0.717, 1.165) is 0 Å². The Morgan fingerprint density at radius 3 is 3.00 bits per heavy atom. The van der Waals surface area contributed by atoms with Crippen LogP contribution in [-0.4, -0.2) is 15.7 Å². The van der Waals surface area contributed by atoms with Gasteiger partial charge in [-0.25, -0.2) is 4.39 Å². The fourth-order valence-corrected chi connectivity index (χ4v) is 1.87. The summed E-state index contributed by atoms with van der Waals surface area (Å²) in [5.74, 6) is -1.20. The topological polar surface area (TPSA) is 70.7 Å². The first-order valence-corrected chi connectivity index (χ1v) is 6.00. The summed E-state index contributed by atoms with van der Waals surface area (Å²) in [5.41, 5.74) is 0.0928. The molecule has 0 aliphatic carbocycles. The number of nitriles is 1. The van der Waals surface area contributed by atoms with Gasteiger partial charge in [0.2, 0.25) is 0 Å². The van der Waals surface area contributed by atoms with Crippen molar-refractivity contribution in [3.63, 3.8) is 0 Å². The third-order valence-electron chi connectivity index (χ3n) is 2.35. The van der Waals surface area contributed by atoms with Gasteiger partial charge in [0.25, 0.3) is 5.91 Å². The maximum Gasteiger partial charge on any atom is 0.259 e. The van der Waals surface area contributed by atoms with Crippen LogP contribution < -0.4 is 5.32 Å². The number of amides is 1. The molecule has 2 rings (SSSR count). The highest BCUT2D eigenvalue weighted by Crippen LogP contribution is 2.18. The Kier molecular flexibility index (Phi) is 3.62. The number of anilines is 1. The molecule has 0 aliphatic heterocycles. The number of hydrogen-bond donors (Lipinski definition) is 1. The Labute approximate surface area is 116 Å². The van der Waals surface area contributed by atoms with Crippen LogP contribution in [0.25, 0.3) is 0 Å². The molecule has 0 saturated heterocycles. The number of hydrogen-bond acceptors (Lipinski definition) is 3. The van der Waals surface area contributed by atoms with Gasteiger partial charge in [-0.3, -0.25) is 9.48 Å². The number of rotatable bonds is 2. The number of carbonyl (C=O) groups excluding carboxylic acids is 1. The van der Waals surface area contributed by atoms with Gasteiger partial charge in [0.15, 0.2) is 5.82 Å². The molecule has 0 radical (unpaired) electrons. The highest BCUT2D eigenvalue weighted by molar-refractivity contribution is 9.10. The van der Waals surface area contributed by atoms with Crippen molar-refractivity contribution in [1.29, 1.82) is 5.26 Å². The number of aryl methyl sites for hydroxylation is 1. The van der Waals surface area contributed by atoms with E-state index in [1.165, 1.54) is 29.1 Å². The lowest BCUT2D eigenvalue weighted by Gasteiger charge is -2.04. The normalized spacial score (nSPS) is 10.0. The van der Waals surface area contributed by atoms with Crippen LogP contribution in [0.1, 0.15) is 15.9 Å². The summed E-state index contributed by atoms with van der Waals surface area (Å²) in [6.45, 7) is 0. The van der Waals surface area contributed by atoms with E-state index in [4.69, 9.17) is 5.26 Å². The minimum Gasteiger partial charge on any atom is -0.304 e. The number of aromatic nitrogens is 2. The van der Waals surface area contributed by atoms with Gasteiger partial charge in [0.05, 0.1) is 5.56 Å². The van der Waals surface area contributed by atoms with Crippen molar-refractivity contribution in [1.82, 2.24) is 9.78 Å². The standard InChI is InChI=1S/C12H8BrFN4O/c1-18-6-7(5-15)11(17-18)16-12(19)9-4-8(13)2-3-10(9)14/h2-4,6H,1H3,(H,16,17,19). The minimum absolute atomic E-state index is 0.106. The Morgan fingerprint density at radius 1 is 1.58 bits per heavy atom. The van der Waals surface area contributed by atoms with Crippen molar-refractivity contribution >= 4 is 27.7 Å². The summed E-state index contributed by atoms with van der Waals surface area (Å²) in [4.78, 5) is 11.9. The molecule has 0 spiro atoms. The van der Waals surface area contributed by atoms with Gasteiger partial charge in [-0.2, -0.15) is 10.4 Å². The molecule has 1 heterocycles. The first kappa shape index (κ1) is 13.2. The maximum absolute atomic E-state index is 13.5. The summed E-state index contributed by atoms with van der Waals surface area (Å²) < 4.78 is 15.5. The molecular formula is C12H8BrFN4O. The predicted molar refractivity (Wildman–Crippen MR) is 70.0 cm³/mol. The van der Waals surface area contributed by atoms with E-state index in [1.807, 2.05) is 6.07 Å². The molecule has 1 N–H and O–H groups in total. The lowest BCUT2D eigenvalue weighted by Crippen LogP contribution is -2.15. The second-order valence-electron chi connectivity index (χ2n) is 3.76. The van der Waals surface area contributed by atoms with E-state index >= 15 is 0 Å². The van der Waals surface area contributed by atoms with Crippen LogP contribution in [0.3, 0.4) is 0 Å². The largest absolute Gasteiger partial charge is 0.304 e. The van der Waals surface area contributed by atoms with Crippen LogP contribution in [0.4, 0.5) is 10.2 Å². The number of carbonyl (C=O) groups is 1. The van der Waals surface area contributed by atoms with Crippen LogP contribution in [0, 0.1) is 17.1 Å². The molecule has 0 atom stereocenters. The summed E-state index contributed by atoms with van der Waals surface area (Å²) in [5, 5.41) is 15.2. The molecule has 1 amide bonds. The summed E-state index contributed by atoms with van der Waals surface area (Å²) in [6, 6.07) is 5.94. The molecule has 0 unspecified atom stereocenters. The van der Waals surface area contributed by atoms with Gasteiger partial charge >= 0.3 is 0 Å². The maximum atomic E-state index is 13.5. The van der Waals surface area contributed by atoms with Crippen molar-refractivity contribution in [3.05, 3.63) is 45.8 Å². The lowest BCUT2D eigenvalue weighted by molar-refractivity contribution is 0.102. The molecule has 0 saturated carbocycles. The fourth-order valence-electron chi connectivity index (χ4n) is 1.51. The quantitative estimate of drug-likeness (QED) is 0.923. The SMILES string of the molecule is Cn1cc(C#N)c(NC(=O)c2cc(Br)ccc2F)n1. The molecule has 96 valence electrons. The second kappa shape index (κ2) is 5.20. The van der Waals surface area contributed by atoms with Crippen LogP contribution >= 0.6 is 15.9 Å². The zero-order valence-electron chi connectivity index (χ0n) is 9.82. The van der Waals surface area contributed by atoms with E-state index in [0.29, 0.717) is 4.47 Å². The molecule has 0 bridgehead atoms. The molecule has 7 heteroatoms. The minimum atomic E-state index is -0.658. The third kappa shape index (κ3) is 2.80. The van der Waals surface area contributed by atoms with Crippen LogP contribution in [0.5, 0.6) is 0 Å². The smallest absolute Gasteiger partial charge is 0.259 e. The van der Waals surface area contributed by atoms with Crippen molar-refractivity contribution in [2.24, 2.45) is 7.05 Å². The zero-order valence-corrected chi connectivity index (χ0v) is 11.4. The molecule has 1 aromatic heterocycles. The summed E-state index contributed by atoms with van der Waals surface area (Å²) in [6.07, 6.45) is 1.47. The fraction of sp³-hybridized carbons (Fsp3) is 0.0833. The summed E-state index contributed by atoms with van der Waals surface area (Å²) in [7, 11) is 1.62. The van der Waals surface area contributed by atoms with Crippen molar-refractivity contribution in [3.8, 4) is 6.07 Å². The average molecular weight is 323 g/mol. The molecule has 0 fully saturated rings. The molecule has 0 aliphatic rings. The first-order chi connectivity index (χ1) is 9.01. The number of nitrogens with zero attached hydrogens (tertiary/aromatic N) is 3. The van der Waals surface area contributed by atoms with Crippen molar-refractivity contribution in [2.75, 3.05) is 5.32 Å². The van der Waals surface area contributed by atoms with Crippen molar-refractivity contribution < 1.29 is 9.18 Å². The number of benzene rings is 1. The molecule has 1 aromatic carbocycles. The van der Waals surface area contributed by atoms with E-state index in [9.17, 15) is 9.18 Å². The zero-order chi connectivity index (χ0) is 14.0. The van der Waals surface area contributed by atoms with Crippen LogP contribution in [-0.2, 0) is 7.05 Å². The molecular weight excluding hydrogens is 315 g/mol. The lowest BCUT2D eigenvalue weighted by atomic mass is 10.2. The Balaban J connectivity index is 2.31. The van der Waals surface area contributed by atoms with E-state index in [2.05, 4.69) is 26.3 Å². The van der Waals surface area contributed by atoms with E-state index in [-0.39, 0.29) is 16.9 Å². The third-order valence-corrected chi connectivity index (χ3v) is 2.85. The monoisotopic (exact) mass is 322 g/mol. The average Bonchev–Trinajstić information content (AvgIpc) is 2.72. The van der Waals surface area contributed by atoms with Gasteiger partial charge in [-0.15, -0.1) is 0 Å². The van der Waals surface area contributed by atoms with E-state index < -0.39 is 11.7 Å². The highest BCUT2D eigenvalue weighted by Gasteiger charge is 2.16. The second-order valence-corrected chi connectivity index (χ2v) is 4.67. The predicted octanol–water partition coefficient (Wildman–Crippen LogP) is 2.45. The summed E-state index contributed by atoms with van der Waals surface area (Å²) >= 11 is 3.16. The first-order valence-electron chi connectivity index (χ1n) is 5.21. The Bertz CT molecular complexity index is 690. The van der Waals surface area contributed by atoms with Gasteiger partial charge in [0, 0.05) is 17.7 Å².